The Morgan fingerprint density at radius 2 is 1.88 bits per heavy atom. The SMILES string of the molecule is O=C(CCCOc1ccccc1)N1CCN(c2cnccn2)CC1. The molecular formula is C18H22N4O2. The molecule has 2 aromatic rings. The van der Waals surface area contributed by atoms with Crippen LogP contribution in [0.1, 0.15) is 12.8 Å². The van der Waals surface area contributed by atoms with Gasteiger partial charge in [-0.05, 0) is 18.6 Å². The largest absolute Gasteiger partial charge is 0.494 e. The molecule has 0 aliphatic carbocycles. The summed E-state index contributed by atoms with van der Waals surface area (Å²) < 4.78 is 5.62. The van der Waals surface area contributed by atoms with Gasteiger partial charge in [-0.2, -0.15) is 0 Å². The molecule has 6 nitrogen and oxygen atoms in total. The lowest BCUT2D eigenvalue weighted by atomic mass is 10.2. The zero-order chi connectivity index (χ0) is 16.6. The number of amides is 1. The van der Waals surface area contributed by atoms with Crippen molar-refractivity contribution in [3.8, 4) is 5.75 Å². The van der Waals surface area contributed by atoms with Gasteiger partial charge in [-0.25, -0.2) is 4.98 Å². The van der Waals surface area contributed by atoms with E-state index in [1.165, 1.54) is 0 Å². The van der Waals surface area contributed by atoms with Gasteiger partial charge in [0.05, 0.1) is 12.8 Å². The summed E-state index contributed by atoms with van der Waals surface area (Å²) in [5.74, 6) is 1.92. The van der Waals surface area contributed by atoms with Crippen molar-refractivity contribution in [1.82, 2.24) is 14.9 Å². The number of rotatable bonds is 6. The first kappa shape index (κ1) is 16.2. The van der Waals surface area contributed by atoms with Crippen LogP contribution in [-0.4, -0.2) is 53.6 Å². The van der Waals surface area contributed by atoms with Crippen molar-refractivity contribution in [3.63, 3.8) is 0 Å². The maximum absolute atomic E-state index is 12.3. The highest BCUT2D eigenvalue weighted by molar-refractivity contribution is 5.76. The van der Waals surface area contributed by atoms with Gasteiger partial charge >= 0.3 is 0 Å². The van der Waals surface area contributed by atoms with Crippen LogP contribution in [0.2, 0.25) is 0 Å². The van der Waals surface area contributed by atoms with E-state index in [4.69, 9.17) is 4.74 Å². The van der Waals surface area contributed by atoms with Crippen molar-refractivity contribution in [3.05, 3.63) is 48.9 Å². The van der Waals surface area contributed by atoms with Crippen LogP contribution in [0.3, 0.4) is 0 Å². The van der Waals surface area contributed by atoms with E-state index >= 15 is 0 Å². The Labute approximate surface area is 142 Å². The Kier molecular flexibility index (Phi) is 5.61. The van der Waals surface area contributed by atoms with Gasteiger partial charge in [-0.15, -0.1) is 0 Å². The maximum Gasteiger partial charge on any atom is 0.222 e. The predicted molar refractivity (Wildman–Crippen MR) is 92.0 cm³/mol. The number of carbonyl (C=O) groups is 1. The van der Waals surface area contributed by atoms with Gasteiger partial charge in [0.1, 0.15) is 11.6 Å². The molecule has 126 valence electrons. The summed E-state index contributed by atoms with van der Waals surface area (Å²) in [6.07, 6.45) is 6.38. The first-order valence-electron chi connectivity index (χ1n) is 8.29. The zero-order valence-electron chi connectivity index (χ0n) is 13.7. The second-order valence-corrected chi connectivity index (χ2v) is 5.70. The molecule has 0 spiro atoms. The third-order valence-electron chi connectivity index (χ3n) is 4.05. The lowest BCUT2D eigenvalue weighted by Crippen LogP contribution is -2.49. The van der Waals surface area contributed by atoms with Crippen LogP contribution in [0.15, 0.2) is 48.9 Å². The second-order valence-electron chi connectivity index (χ2n) is 5.70. The number of piperazine rings is 1. The molecule has 0 saturated carbocycles. The van der Waals surface area contributed by atoms with E-state index in [1.54, 1.807) is 18.6 Å². The molecule has 1 fully saturated rings. The normalized spacial score (nSPS) is 14.5. The van der Waals surface area contributed by atoms with Gasteiger partial charge in [0.2, 0.25) is 5.91 Å². The number of ether oxygens (including phenoxy) is 1. The summed E-state index contributed by atoms with van der Waals surface area (Å²) in [6, 6.07) is 9.69. The molecule has 0 bridgehead atoms. The minimum atomic E-state index is 0.199. The number of para-hydroxylation sites is 1. The molecule has 24 heavy (non-hydrogen) atoms. The fourth-order valence-corrected chi connectivity index (χ4v) is 2.73. The topological polar surface area (TPSA) is 58.6 Å². The summed E-state index contributed by atoms with van der Waals surface area (Å²) in [7, 11) is 0. The van der Waals surface area contributed by atoms with E-state index in [0.29, 0.717) is 13.0 Å². The second kappa shape index (κ2) is 8.29. The van der Waals surface area contributed by atoms with Crippen molar-refractivity contribution in [2.45, 2.75) is 12.8 Å². The molecular weight excluding hydrogens is 304 g/mol. The number of hydrogen-bond donors (Lipinski definition) is 0. The molecule has 2 heterocycles. The first-order chi connectivity index (χ1) is 11.8. The number of hydrogen-bond acceptors (Lipinski definition) is 5. The van der Waals surface area contributed by atoms with Crippen LogP contribution >= 0.6 is 0 Å². The number of nitrogens with zero attached hydrogens (tertiary/aromatic N) is 4. The van der Waals surface area contributed by atoms with E-state index in [9.17, 15) is 4.79 Å². The third-order valence-corrected chi connectivity index (χ3v) is 4.05. The van der Waals surface area contributed by atoms with Crippen molar-refractivity contribution in [2.24, 2.45) is 0 Å². The maximum atomic E-state index is 12.3. The average Bonchev–Trinajstić information content (AvgIpc) is 2.67. The van der Waals surface area contributed by atoms with Crippen molar-refractivity contribution >= 4 is 11.7 Å². The van der Waals surface area contributed by atoms with E-state index in [-0.39, 0.29) is 5.91 Å². The minimum absolute atomic E-state index is 0.199. The monoisotopic (exact) mass is 326 g/mol. The van der Waals surface area contributed by atoms with Crippen LogP contribution in [-0.2, 0) is 4.79 Å². The molecule has 1 aliphatic rings. The van der Waals surface area contributed by atoms with E-state index in [2.05, 4.69) is 14.9 Å². The van der Waals surface area contributed by atoms with Crippen LogP contribution in [0.25, 0.3) is 0 Å². The van der Waals surface area contributed by atoms with Crippen LogP contribution in [0.5, 0.6) is 5.75 Å². The number of benzene rings is 1. The van der Waals surface area contributed by atoms with Crippen molar-refractivity contribution < 1.29 is 9.53 Å². The summed E-state index contributed by atoms with van der Waals surface area (Å²) >= 11 is 0. The van der Waals surface area contributed by atoms with Gasteiger partial charge < -0.3 is 14.5 Å². The van der Waals surface area contributed by atoms with Crippen molar-refractivity contribution in [2.75, 3.05) is 37.7 Å². The molecule has 0 N–H and O–H groups in total. The molecule has 1 aromatic carbocycles. The highest BCUT2D eigenvalue weighted by atomic mass is 16.5. The minimum Gasteiger partial charge on any atom is -0.494 e. The van der Waals surface area contributed by atoms with Gasteiger partial charge in [0.15, 0.2) is 0 Å². The zero-order valence-corrected chi connectivity index (χ0v) is 13.7. The Hall–Kier alpha value is -2.63. The van der Waals surface area contributed by atoms with E-state index in [1.807, 2.05) is 35.2 Å². The molecule has 6 heteroatoms. The molecule has 1 amide bonds. The summed E-state index contributed by atoms with van der Waals surface area (Å²) in [5, 5.41) is 0. The standard InChI is InChI=1S/C18H22N4O2/c23-18(7-4-14-24-16-5-2-1-3-6-16)22-12-10-21(11-13-22)17-15-19-8-9-20-17/h1-3,5-6,8-9,15H,4,7,10-14H2. The number of carbonyl (C=O) groups excluding carboxylic acids is 1. The molecule has 1 aliphatic heterocycles. The number of aromatic nitrogens is 2. The van der Waals surface area contributed by atoms with Crippen molar-refractivity contribution in [1.29, 1.82) is 0 Å². The molecule has 1 saturated heterocycles. The lowest BCUT2D eigenvalue weighted by molar-refractivity contribution is -0.131. The Morgan fingerprint density at radius 3 is 2.58 bits per heavy atom. The molecule has 0 unspecified atom stereocenters. The van der Waals surface area contributed by atoms with Gasteiger partial charge in [0, 0.05) is 45.0 Å². The van der Waals surface area contributed by atoms with Gasteiger partial charge in [-0.1, -0.05) is 18.2 Å². The average molecular weight is 326 g/mol. The van der Waals surface area contributed by atoms with Gasteiger partial charge in [-0.3, -0.25) is 9.78 Å². The smallest absolute Gasteiger partial charge is 0.222 e. The quantitative estimate of drug-likeness (QED) is 0.760. The van der Waals surface area contributed by atoms with Crippen LogP contribution in [0, 0.1) is 0 Å². The lowest BCUT2D eigenvalue weighted by Gasteiger charge is -2.35. The molecule has 0 radical (unpaired) electrons. The third kappa shape index (κ3) is 4.44. The fourth-order valence-electron chi connectivity index (χ4n) is 2.73. The Morgan fingerprint density at radius 1 is 1.08 bits per heavy atom. The van der Waals surface area contributed by atoms with Crippen LogP contribution < -0.4 is 9.64 Å². The first-order valence-corrected chi connectivity index (χ1v) is 8.29. The highest BCUT2D eigenvalue weighted by Gasteiger charge is 2.21. The molecule has 0 atom stereocenters. The highest BCUT2D eigenvalue weighted by Crippen LogP contribution is 2.13. The summed E-state index contributed by atoms with van der Waals surface area (Å²) in [6.45, 7) is 3.62. The molecule has 3 rings (SSSR count). The fraction of sp³-hybridized carbons (Fsp3) is 0.389. The Bertz CT molecular complexity index is 628. The Balaban J connectivity index is 1.36. The van der Waals surface area contributed by atoms with Gasteiger partial charge in [0.25, 0.3) is 0 Å². The van der Waals surface area contributed by atoms with Crippen LogP contribution in [0.4, 0.5) is 5.82 Å². The van der Waals surface area contributed by atoms with E-state index < -0.39 is 0 Å². The molecule has 1 aromatic heterocycles. The van der Waals surface area contributed by atoms with E-state index in [0.717, 1.165) is 44.2 Å². The predicted octanol–water partition coefficient (Wildman–Crippen LogP) is 1.98. The number of anilines is 1. The summed E-state index contributed by atoms with van der Waals surface area (Å²) in [5.41, 5.74) is 0. The summed E-state index contributed by atoms with van der Waals surface area (Å²) in [4.78, 5) is 24.8.